The van der Waals surface area contributed by atoms with Crippen molar-refractivity contribution < 1.29 is 62.3 Å². The van der Waals surface area contributed by atoms with Crippen LogP contribution in [0.1, 0.15) is 111 Å². The van der Waals surface area contributed by atoms with Gasteiger partial charge < -0.3 is 54.5 Å². The molecule has 532 valence electrons. The molecule has 0 unspecified atom stereocenters. The Kier molecular flexibility index (Phi) is 25.1. The van der Waals surface area contributed by atoms with Crippen molar-refractivity contribution in [3.8, 4) is 28.0 Å². The summed E-state index contributed by atoms with van der Waals surface area (Å²) in [4.78, 5) is 102. The Bertz CT molecular complexity index is 4250. The van der Waals surface area contributed by atoms with Gasteiger partial charge in [0.25, 0.3) is 0 Å². The van der Waals surface area contributed by atoms with Crippen molar-refractivity contribution >= 4 is 84.7 Å². The lowest BCUT2D eigenvalue weighted by atomic mass is 9.85. The molecule has 3 aliphatic heterocycles. The van der Waals surface area contributed by atoms with Crippen molar-refractivity contribution in [1.82, 2.24) is 55.3 Å². The summed E-state index contributed by atoms with van der Waals surface area (Å²) in [6.45, 7) is 12.9. The second-order valence-corrected chi connectivity index (χ2v) is 29.2. The number of nitrogens with one attached hydrogen (secondary N) is 2. The van der Waals surface area contributed by atoms with E-state index in [1.54, 1.807) is 39.9 Å². The van der Waals surface area contributed by atoms with Gasteiger partial charge in [0.1, 0.15) is 29.4 Å². The molecule has 4 aromatic heterocycles. The number of rotatable bonds is 31. The van der Waals surface area contributed by atoms with Crippen LogP contribution in [0.4, 0.5) is 9.52 Å². The molecule has 28 heteroatoms. The highest BCUT2D eigenvalue weighted by molar-refractivity contribution is 7.18. The first-order valence-corrected chi connectivity index (χ1v) is 36.4. The van der Waals surface area contributed by atoms with Crippen LogP contribution in [0.5, 0.6) is 5.75 Å². The smallest absolute Gasteiger partial charge is 0.355 e. The molecule has 24 nitrogen and oxygen atoms in total. The van der Waals surface area contributed by atoms with E-state index in [0.29, 0.717) is 111 Å². The Morgan fingerprint density at radius 2 is 1.66 bits per heavy atom. The summed E-state index contributed by atoms with van der Waals surface area (Å²) in [7, 11) is 0. The Morgan fingerprint density at radius 3 is 2.43 bits per heavy atom. The van der Waals surface area contributed by atoms with E-state index in [1.807, 2.05) is 104 Å². The highest BCUT2D eigenvalue weighted by Gasteiger charge is 2.44. The summed E-state index contributed by atoms with van der Waals surface area (Å²) < 4.78 is 40.7. The molecule has 4 N–H and O–H groups in total. The number of carbonyl (C=O) groups is 6. The number of thiazole rings is 3. The summed E-state index contributed by atoms with van der Waals surface area (Å²) in [6, 6.07) is 24.1. The van der Waals surface area contributed by atoms with Gasteiger partial charge in [-0.2, -0.15) is 0 Å². The number of para-hydroxylation sites is 1. The number of carboxylic acids is 1. The topological polar surface area (TPSA) is 286 Å². The number of aromatic carboxylic acids is 1. The Labute approximate surface area is 597 Å². The molecule has 101 heavy (non-hydrogen) atoms. The SMILES string of the molecule is Cc1ncsc1-c1ccc(CNC(=O)[C@@H]2C[C@@H](O)CN2C(=O)[C@@H](NC(=O)COCCOCCOCc2cn(CCCC(=O)N3CCN(CC#Cc4ccc(OCCCc5sc(N6CCc7cccc(C(=O)Cc8nc9ccccc9s8)c7C6)nc5C(=O)O)c(F)c4)CC3)nn2)C(C)(C)C)cc1. The minimum atomic E-state index is -1.13. The number of ether oxygens (including phenoxy) is 4. The molecular weight excluding hydrogens is 1350 g/mol. The van der Waals surface area contributed by atoms with E-state index in [0.717, 1.165) is 48.0 Å². The van der Waals surface area contributed by atoms with Crippen LogP contribution in [-0.2, 0) is 78.9 Å². The maximum absolute atomic E-state index is 15.3. The van der Waals surface area contributed by atoms with E-state index in [1.165, 1.54) is 33.6 Å². The molecule has 4 aromatic carbocycles. The number of aryl methyl sites for hydroxylation is 3. The van der Waals surface area contributed by atoms with Gasteiger partial charge in [0.15, 0.2) is 28.2 Å². The molecule has 3 atom stereocenters. The number of hydrogen-bond donors (Lipinski definition) is 4. The number of benzene rings is 4. The van der Waals surface area contributed by atoms with Crippen molar-refractivity contribution in [3.05, 3.63) is 157 Å². The molecule has 0 radical (unpaired) electrons. The van der Waals surface area contributed by atoms with E-state index >= 15 is 4.39 Å². The fourth-order valence-electron chi connectivity index (χ4n) is 12.3. The van der Waals surface area contributed by atoms with Crippen LogP contribution in [0.3, 0.4) is 0 Å². The molecule has 4 amide bonds. The third kappa shape index (κ3) is 19.8. The average molecular weight is 1440 g/mol. The van der Waals surface area contributed by atoms with Crippen LogP contribution in [0.2, 0.25) is 0 Å². The summed E-state index contributed by atoms with van der Waals surface area (Å²) in [5.74, 6) is 3.25. The number of β-amino-alcohol motifs (C(OH)–C–C–N with tert-alkyl or cyclic N) is 1. The molecule has 0 spiro atoms. The second kappa shape index (κ2) is 34.6. The third-order valence-electron chi connectivity index (χ3n) is 17.7. The lowest BCUT2D eigenvalue weighted by Crippen LogP contribution is -2.58. The number of amides is 4. The number of anilines is 1. The van der Waals surface area contributed by atoms with E-state index in [9.17, 15) is 39.0 Å². The molecule has 0 saturated carbocycles. The van der Waals surface area contributed by atoms with E-state index in [2.05, 4.69) is 52.6 Å². The van der Waals surface area contributed by atoms with Crippen LogP contribution in [-0.4, -0.2) is 194 Å². The Morgan fingerprint density at radius 1 is 0.871 bits per heavy atom. The number of halogens is 1. The number of Topliss-reactive ketones (excluding diaryl/α,β-unsaturated/α-hetero) is 1. The molecule has 3 aliphatic rings. The van der Waals surface area contributed by atoms with E-state index < -0.39 is 47.2 Å². The van der Waals surface area contributed by atoms with Gasteiger partial charge in [-0.05, 0) is 90.6 Å². The quantitative estimate of drug-likeness (QED) is 0.0182. The number of carboxylic acid groups (broad SMARTS) is 1. The number of carbonyl (C=O) groups excluding carboxylic acids is 5. The van der Waals surface area contributed by atoms with Crippen molar-refractivity contribution in [3.63, 3.8) is 0 Å². The van der Waals surface area contributed by atoms with Crippen molar-refractivity contribution in [1.29, 1.82) is 0 Å². The summed E-state index contributed by atoms with van der Waals surface area (Å²) in [5.41, 5.74) is 8.57. The number of nitrogens with zero attached hydrogens (tertiary/aromatic N) is 10. The lowest BCUT2D eigenvalue weighted by Gasteiger charge is -2.35. The van der Waals surface area contributed by atoms with Gasteiger partial charge in [0, 0.05) is 87.7 Å². The van der Waals surface area contributed by atoms with Crippen molar-refractivity contribution in [2.24, 2.45) is 5.41 Å². The third-order valence-corrected chi connectivity index (χ3v) is 20.9. The van der Waals surface area contributed by atoms with E-state index in [-0.39, 0.29) is 101 Å². The first kappa shape index (κ1) is 73.3. The molecule has 8 aromatic rings. The van der Waals surface area contributed by atoms with Crippen LogP contribution in [0, 0.1) is 30.0 Å². The summed E-state index contributed by atoms with van der Waals surface area (Å²) >= 11 is 4.40. The zero-order valence-electron chi connectivity index (χ0n) is 57.0. The Balaban J connectivity index is 0.519. The van der Waals surface area contributed by atoms with E-state index in [4.69, 9.17) is 18.9 Å². The number of aliphatic hydroxyl groups excluding tert-OH is 1. The number of aromatic nitrogens is 6. The highest BCUT2D eigenvalue weighted by Crippen LogP contribution is 2.35. The predicted molar refractivity (Wildman–Crippen MR) is 380 cm³/mol. The maximum Gasteiger partial charge on any atom is 0.355 e. The van der Waals surface area contributed by atoms with Gasteiger partial charge in [0.05, 0.1) is 91.2 Å². The molecule has 0 bridgehead atoms. The first-order chi connectivity index (χ1) is 48.8. The zero-order valence-corrected chi connectivity index (χ0v) is 59.4. The number of aliphatic hydroxyl groups is 1. The predicted octanol–water partition coefficient (Wildman–Crippen LogP) is 7.95. The van der Waals surface area contributed by atoms with Crippen LogP contribution < -0.4 is 20.3 Å². The van der Waals surface area contributed by atoms with Gasteiger partial charge in [-0.25, -0.2) is 24.1 Å². The largest absolute Gasteiger partial charge is 0.491 e. The van der Waals surface area contributed by atoms with Crippen LogP contribution in [0.25, 0.3) is 20.7 Å². The van der Waals surface area contributed by atoms with Gasteiger partial charge in [-0.15, -0.1) is 39.1 Å². The minimum Gasteiger partial charge on any atom is -0.491 e. The number of piperazine rings is 1. The fraction of sp³-hybridized carbons (Fsp3) is 0.438. The maximum atomic E-state index is 15.3. The van der Waals surface area contributed by atoms with Crippen LogP contribution in [0.15, 0.2) is 96.6 Å². The Hall–Kier alpha value is -8.92. The summed E-state index contributed by atoms with van der Waals surface area (Å²) in [6.07, 6.45) is 3.56. The standard InChI is InChI=1S/C73H83FN12O12S3/c1-47-67(99-46-76-47)51-21-18-49(19-22-51)40-75-69(91)58-38-53(87)42-86(58)70(92)68(73(2,3)4)78-63(89)45-97-36-34-95-33-35-96-44-52-41-85(81-80-52)26-9-17-65(90)83-30-28-82(29-31-83)25-8-11-48-20-23-60(56(74)37-48)98-32-10-16-62-66(71(93)94)79-72(101-62)84-27-24-50-12-7-13-54(55(50)43-84)59(88)39-64-77-57-14-5-6-15-61(57)100-64/h5-7,12-15,18-23,37,41,46,53,58,68,87H,9-10,16-17,24-36,38-40,42-45H2,1-4H3,(H,75,91)(H,78,89)(H,93,94)/t53-,58+,68-/m1/s1. The zero-order chi connectivity index (χ0) is 71.0. The number of fused-ring (bicyclic) bond motifs is 2. The summed E-state index contributed by atoms with van der Waals surface area (Å²) in [5, 5.41) is 36.1. The number of ketones is 1. The fourth-order valence-corrected chi connectivity index (χ4v) is 15.2. The van der Waals surface area contributed by atoms with Crippen molar-refractivity contribution in [2.75, 3.05) is 90.4 Å². The van der Waals surface area contributed by atoms with Crippen molar-refractivity contribution in [2.45, 2.75) is 117 Å². The van der Waals surface area contributed by atoms with Crippen LogP contribution >= 0.6 is 34.0 Å². The molecule has 2 fully saturated rings. The molecule has 0 aliphatic carbocycles. The lowest BCUT2D eigenvalue weighted by molar-refractivity contribution is -0.144. The molecule has 11 rings (SSSR count). The van der Waals surface area contributed by atoms with Gasteiger partial charge in [0.2, 0.25) is 23.6 Å². The molecular formula is C73H83FN12O12S3. The molecule has 7 heterocycles. The highest BCUT2D eigenvalue weighted by atomic mass is 32.1. The first-order valence-electron chi connectivity index (χ1n) is 33.8. The number of likely N-dealkylation sites (tertiary alicyclic amines) is 1. The van der Waals surface area contributed by atoms with Gasteiger partial charge >= 0.3 is 5.97 Å². The minimum absolute atomic E-state index is 0.0140. The number of hydrogen-bond acceptors (Lipinski definition) is 21. The average Bonchev–Trinajstić information content (AvgIpc) is 1.77. The monoisotopic (exact) mass is 1430 g/mol. The van der Waals surface area contributed by atoms with Gasteiger partial charge in [-0.3, -0.25) is 33.6 Å². The molecule has 2 saturated heterocycles. The van der Waals surface area contributed by atoms with Gasteiger partial charge in [-0.1, -0.05) is 92.4 Å². The normalized spacial score (nSPS) is 15.8. The second-order valence-electron chi connectivity index (χ2n) is 26.2.